The van der Waals surface area contributed by atoms with Gasteiger partial charge in [-0.05, 0) is 37.5 Å². The second-order valence-electron chi connectivity index (χ2n) is 8.48. The van der Waals surface area contributed by atoms with Crippen LogP contribution >= 0.6 is 0 Å². The monoisotopic (exact) mass is 416 g/mol. The Bertz CT molecular complexity index is 926. The van der Waals surface area contributed by atoms with E-state index < -0.39 is 11.8 Å². The number of carbonyl (C=O) groups is 2. The van der Waals surface area contributed by atoms with Gasteiger partial charge in [-0.1, -0.05) is 6.07 Å². The number of allylic oxidation sites excluding steroid dienone is 1. The van der Waals surface area contributed by atoms with Crippen LogP contribution in [0.2, 0.25) is 0 Å². The van der Waals surface area contributed by atoms with Crippen LogP contribution in [0.3, 0.4) is 0 Å². The molecule has 0 radical (unpaired) electrons. The first-order chi connectivity index (χ1) is 14.2. The van der Waals surface area contributed by atoms with Crippen molar-refractivity contribution >= 4 is 35.0 Å². The number of fused-ring (bicyclic) bond motifs is 1. The largest absolute Gasteiger partial charge is 0.390 e. The summed E-state index contributed by atoms with van der Waals surface area (Å²) >= 11 is 0. The number of amides is 2. The van der Waals surface area contributed by atoms with Crippen molar-refractivity contribution in [3.05, 3.63) is 30.0 Å². The third kappa shape index (κ3) is 3.82. The van der Waals surface area contributed by atoms with Gasteiger partial charge in [-0.2, -0.15) is 0 Å². The van der Waals surface area contributed by atoms with E-state index in [1.54, 1.807) is 28.1 Å². The number of carbonyl (C=O) groups excluding carboxylic acids is 2. The van der Waals surface area contributed by atoms with Crippen LogP contribution in [-0.4, -0.2) is 43.1 Å². The molecule has 2 N–H and O–H groups in total. The van der Waals surface area contributed by atoms with E-state index in [4.69, 9.17) is 5.41 Å². The number of hydrogen-bond donors (Lipinski definition) is 2. The van der Waals surface area contributed by atoms with Crippen molar-refractivity contribution in [1.29, 1.82) is 5.41 Å². The molecule has 160 valence electrons. The molecule has 3 aliphatic rings. The second kappa shape index (κ2) is 7.49. The number of hydrogen-bond acceptors (Lipinski definition) is 4. The fourth-order valence-corrected chi connectivity index (χ4v) is 4.05. The van der Waals surface area contributed by atoms with Crippen LogP contribution in [0.4, 0.5) is 20.2 Å². The van der Waals surface area contributed by atoms with Crippen molar-refractivity contribution < 1.29 is 18.4 Å². The minimum Gasteiger partial charge on any atom is -0.390 e. The number of nitrogens with one attached hydrogen (secondary N) is 2. The Balaban J connectivity index is 1.64. The van der Waals surface area contributed by atoms with Crippen molar-refractivity contribution in [2.45, 2.75) is 45.1 Å². The fourth-order valence-electron chi connectivity index (χ4n) is 4.05. The summed E-state index contributed by atoms with van der Waals surface area (Å²) in [5.74, 6) is -3.24. The first-order valence-electron chi connectivity index (χ1n) is 10.3. The number of anilines is 2. The lowest BCUT2D eigenvalue weighted by molar-refractivity contribution is -0.120. The third-order valence-electron chi connectivity index (χ3n) is 6.01. The minimum atomic E-state index is -2.59. The fraction of sp³-hybridized carbons (Fsp3) is 0.500. The molecule has 0 saturated heterocycles. The lowest BCUT2D eigenvalue weighted by Crippen LogP contribution is -2.51. The SMILES string of the molecule is CC(=O)N1c2ccc(/C(C=N)=C/NCC3CC3(F)F)cc2N(C(=O)C2CC2)CC1C. The highest BCUT2D eigenvalue weighted by molar-refractivity contribution is 6.10. The highest BCUT2D eigenvalue weighted by atomic mass is 19.3. The summed E-state index contributed by atoms with van der Waals surface area (Å²) in [5.41, 5.74) is 2.53. The molecule has 2 saturated carbocycles. The maximum absolute atomic E-state index is 13.1. The Morgan fingerprint density at radius 1 is 1.30 bits per heavy atom. The van der Waals surface area contributed by atoms with E-state index in [0.29, 0.717) is 29.1 Å². The summed E-state index contributed by atoms with van der Waals surface area (Å²) in [6, 6.07) is 5.25. The maximum Gasteiger partial charge on any atom is 0.253 e. The van der Waals surface area contributed by atoms with E-state index in [0.717, 1.165) is 19.1 Å². The molecule has 1 aliphatic heterocycles. The molecule has 2 amide bonds. The van der Waals surface area contributed by atoms with E-state index in [-0.39, 0.29) is 36.7 Å². The molecule has 8 heteroatoms. The van der Waals surface area contributed by atoms with Crippen LogP contribution in [0.25, 0.3) is 5.57 Å². The summed E-state index contributed by atoms with van der Waals surface area (Å²) in [6.07, 6.45) is 4.38. The Morgan fingerprint density at radius 3 is 2.57 bits per heavy atom. The topological polar surface area (TPSA) is 76.5 Å². The summed E-state index contributed by atoms with van der Waals surface area (Å²) in [7, 11) is 0. The van der Waals surface area contributed by atoms with Gasteiger partial charge >= 0.3 is 0 Å². The summed E-state index contributed by atoms with van der Waals surface area (Å²) in [5, 5.41) is 10.6. The zero-order valence-electron chi connectivity index (χ0n) is 17.1. The molecule has 6 nitrogen and oxygen atoms in total. The number of alkyl halides is 2. The Labute approximate surface area is 174 Å². The first-order valence-corrected chi connectivity index (χ1v) is 10.3. The zero-order chi connectivity index (χ0) is 21.6. The van der Waals surface area contributed by atoms with Crippen molar-refractivity contribution in [2.75, 3.05) is 22.9 Å². The van der Waals surface area contributed by atoms with Crippen LogP contribution in [0.1, 0.15) is 38.7 Å². The predicted molar refractivity (Wildman–Crippen MR) is 112 cm³/mol. The third-order valence-corrected chi connectivity index (χ3v) is 6.01. The molecule has 4 rings (SSSR count). The summed E-state index contributed by atoms with van der Waals surface area (Å²) in [4.78, 5) is 28.6. The summed E-state index contributed by atoms with van der Waals surface area (Å²) in [6.45, 7) is 4.00. The molecule has 0 aromatic heterocycles. The van der Waals surface area contributed by atoms with E-state index in [1.165, 1.54) is 6.92 Å². The van der Waals surface area contributed by atoms with Gasteiger partial charge in [0.1, 0.15) is 0 Å². The molecule has 1 heterocycles. The molecule has 2 unspecified atom stereocenters. The number of benzene rings is 1. The normalized spacial score (nSPS) is 24.9. The Kier molecular flexibility index (Phi) is 5.11. The maximum atomic E-state index is 13.1. The zero-order valence-corrected chi connectivity index (χ0v) is 17.1. The average Bonchev–Trinajstić information content (AvgIpc) is 3.61. The number of rotatable bonds is 6. The lowest BCUT2D eigenvalue weighted by Gasteiger charge is -2.41. The van der Waals surface area contributed by atoms with Gasteiger partial charge < -0.3 is 20.5 Å². The van der Waals surface area contributed by atoms with Crippen molar-refractivity contribution in [2.24, 2.45) is 11.8 Å². The number of halogens is 2. The highest BCUT2D eigenvalue weighted by Gasteiger charge is 2.56. The minimum absolute atomic E-state index is 0.0391. The molecule has 0 bridgehead atoms. The van der Waals surface area contributed by atoms with Gasteiger partial charge in [0.2, 0.25) is 11.8 Å². The van der Waals surface area contributed by atoms with Gasteiger partial charge in [-0.3, -0.25) is 9.59 Å². The van der Waals surface area contributed by atoms with E-state index in [9.17, 15) is 18.4 Å². The van der Waals surface area contributed by atoms with Gasteiger partial charge in [0.25, 0.3) is 5.92 Å². The standard InChI is InChI=1S/C22H26F2N4O2/c1-13-12-27(21(30)15-3-4-15)20-7-16(5-6-19(20)28(13)14(2)29)17(9-25)10-26-11-18-8-22(18,23)24/h5-7,9-10,13,15,18,25-26H,3-4,8,11-12H2,1-2H3/b17-10+,25-9?. The van der Waals surface area contributed by atoms with E-state index in [1.807, 2.05) is 13.0 Å². The first kappa shape index (κ1) is 20.5. The van der Waals surface area contributed by atoms with Gasteiger partial charge in [-0.25, -0.2) is 8.78 Å². The predicted octanol–water partition coefficient (Wildman–Crippen LogP) is 3.42. The lowest BCUT2D eigenvalue weighted by atomic mass is 10.0. The van der Waals surface area contributed by atoms with Crippen molar-refractivity contribution in [3.8, 4) is 0 Å². The molecule has 0 spiro atoms. The molecule has 1 aromatic carbocycles. The van der Waals surface area contributed by atoms with Crippen molar-refractivity contribution in [1.82, 2.24) is 5.32 Å². The highest BCUT2D eigenvalue weighted by Crippen LogP contribution is 2.48. The van der Waals surface area contributed by atoms with E-state index >= 15 is 0 Å². The van der Waals surface area contributed by atoms with Crippen LogP contribution in [0, 0.1) is 17.2 Å². The molecule has 30 heavy (non-hydrogen) atoms. The molecule has 2 aliphatic carbocycles. The molecular formula is C22H26F2N4O2. The average molecular weight is 416 g/mol. The van der Waals surface area contributed by atoms with E-state index in [2.05, 4.69) is 5.32 Å². The smallest absolute Gasteiger partial charge is 0.253 e. The van der Waals surface area contributed by atoms with Gasteiger partial charge in [0.15, 0.2) is 0 Å². The second-order valence-corrected chi connectivity index (χ2v) is 8.48. The van der Waals surface area contributed by atoms with Crippen molar-refractivity contribution in [3.63, 3.8) is 0 Å². The van der Waals surface area contributed by atoms with Crippen LogP contribution in [0.5, 0.6) is 0 Å². The Morgan fingerprint density at radius 2 is 2.00 bits per heavy atom. The molecular weight excluding hydrogens is 390 g/mol. The number of nitrogens with zero attached hydrogens (tertiary/aromatic N) is 2. The van der Waals surface area contributed by atoms with Crippen LogP contribution in [-0.2, 0) is 9.59 Å². The summed E-state index contributed by atoms with van der Waals surface area (Å²) < 4.78 is 26.1. The molecule has 2 atom stereocenters. The van der Waals surface area contributed by atoms with Gasteiger partial charge in [0, 0.05) is 56.3 Å². The van der Waals surface area contributed by atoms with Gasteiger partial charge in [-0.15, -0.1) is 0 Å². The molecule has 1 aromatic rings. The molecule has 2 fully saturated rings. The Hall–Kier alpha value is -2.77. The van der Waals surface area contributed by atoms with Crippen LogP contribution < -0.4 is 15.1 Å². The van der Waals surface area contributed by atoms with Crippen LogP contribution in [0.15, 0.2) is 24.4 Å². The van der Waals surface area contributed by atoms with Gasteiger partial charge in [0.05, 0.1) is 17.4 Å². The quantitative estimate of drug-likeness (QED) is 0.698.